The molecule has 150 valence electrons. The third-order valence-electron chi connectivity index (χ3n) is 4.49. The van der Waals surface area contributed by atoms with Crippen LogP contribution in [0.2, 0.25) is 0 Å². The lowest BCUT2D eigenvalue weighted by atomic mass is 10.0. The highest BCUT2D eigenvalue weighted by Crippen LogP contribution is 2.35. The molecule has 0 radical (unpaired) electrons. The highest BCUT2D eigenvalue weighted by atomic mass is 32.2. The molecule has 0 atom stereocenters. The fourth-order valence-corrected chi connectivity index (χ4v) is 3.74. The number of methoxy groups -OCH3 is 2. The van der Waals surface area contributed by atoms with E-state index in [0.717, 1.165) is 33.3 Å². The van der Waals surface area contributed by atoms with Gasteiger partial charge in [0.25, 0.3) is 0 Å². The van der Waals surface area contributed by atoms with E-state index in [1.807, 2.05) is 48.3 Å². The Hall–Kier alpha value is -2.84. The standard InChI is InChI=1S/C21H22N4O3S/c1-14-24-25(13-29-14)19-12-22-20-17(7-8-18(27-3)21(20)23-19)15-5-4-6-16(11-15)28-10-9-26-2/h4-8,11-12H,9-10,13H2,1-3H3. The average Bonchev–Trinajstić information content (AvgIpc) is 3.19. The van der Waals surface area contributed by atoms with Crippen molar-refractivity contribution in [2.45, 2.75) is 6.92 Å². The minimum atomic E-state index is 0.500. The van der Waals surface area contributed by atoms with Crippen LogP contribution in [0.5, 0.6) is 11.5 Å². The van der Waals surface area contributed by atoms with Gasteiger partial charge in [-0.1, -0.05) is 23.9 Å². The Bertz CT molecular complexity index is 1060. The lowest BCUT2D eigenvalue weighted by Crippen LogP contribution is -2.13. The van der Waals surface area contributed by atoms with E-state index in [4.69, 9.17) is 24.2 Å². The molecule has 1 aliphatic rings. The Balaban J connectivity index is 1.75. The van der Waals surface area contributed by atoms with Crippen molar-refractivity contribution in [1.29, 1.82) is 0 Å². The maximum absolute atomic E-state index is 5.75. The summed E-state index contributed by atoms with van der Waals surface area (Å²) in [7, 11) is 3.30. The first kappa shape index (κ1) is 19.5. The van der Waals surface area contributed by atoms with E-state index >= 15 is 0 Å². The predicted molar refractivity (Wildman–Crippen MR) is 117 cm³/mol. The molecule has 0 saturated carbocycles. The summed E-state index contributed by atoms with van der Waals surface area (Å²) >= 11 is 1.68. The van der Waals surface area contributed by atoms with Crippen LogP contribution in [-0.2, 0) is 4.74 Å². The highest BCUT2D eigenvalue weighted by Gasteiger charge is 2.18. The van der Waals surface area contributed by atoms with Gasteiger partial charge in [-0.05, 0) is 36.8 Å². The number of benzene rings is 2. The Morgan fingerprint density at radius 3 is 2.76 bits per heavy atom. The zero-order valence-corrected chi connectivity index (χ0v) is 17.4. The van der Waals surface area contributed by atoms with Crippen molar-refractivity contribution in [3.63, 3.8) is 0 Å². The zero-order chi connectivity index (χ0) is 20.2. The number of aromatic nitrogens is 2. The van der Waals surface area contributed by atoms with Crippen molar-refractivity contribution in [1.82, 2.24) is 9.97 Å². The second-order valence-corrected chi connectivity index (χ2v) is 7.54. The SMILES string of the molecule is COCCOc1cccc(-c2ccc(OC)c3nc(N4CSC(C)=N4)cnc23)c1. The van der Waals surface area contributed by atoms with Crippen LogP contribution in [0.4, 0.5) is 5.82 Å². The lowest BCUT2D eigenvalue weighted by molar-refractivity contribution is 0.146. The van der Waals surface area contributed by atoms with E-state index in [1.54, 1.807) is 32.2 Å². The number of ether oxygens (including phenoxy) is 3. The number of fused-ring (bicyclic) bond motifs is 1. The molecule has 2 heterocycles. The Kier molecular flexibility index (Phi) is 5.82. The summed E-state index contributed by atoms with van der Waals surface area (Å²) in [5, 5.41) is 7.35. The summed E-state index contributed by atoms with van der Waals surface area (Å²) in [6.07, 6.45) is 1.76. The smallest absolute Gasteiger partial charge is 0.169 e. The molecule has 0 N–H and O–H groups in total. The van der Waals surface area contributed by atoms with Gasteiger partial charge in [0.1, 0.15) is 29.1 Å². The van der Waals surface area contributed by atoms with E-state index in [-0.39, 0.29) is 0 Å². The average molecular weight is 410 g/mol. The van der Waals surface area contributed by atoms with E-state index < -0.39 is 0 Å². The van der Waals surface area contributed by atoms with Crippen LogP contribution >= 0.6 is 11.8 Å². The van der Waals surface area contributed by atoms with Crippen molar-refractivity contribution in [2.75, 3.05) is 38.3 Å². The molecule has 8 heteroatoms. The van der Waals surface area contributed by atoms with E-state index in [9.17, 15) is 0 Å². The number of anilines is 1. The molecule has 2 aromatic carbocycles. The van der Waals surface area contributed by atoms with Crippen LogP contribution < -0.4 is 14.5 Å². The number of hydrazone groups is 1. The molecule has 0 spiro atoms. The summed E-state index contributed by atoms with van der Waals surface area (Å²) in [5.41, 5.74) is 3.44. The summed E-state index contributed by atoms with van der Waals surface area (Å²) in [6, 6.07) is 11.8. The number of hydrogen-bond acceptors (Lipinski definition) is 8. The molecule has 0 fully saturated rings. The molecule has 1 aliphatic heterocycles. The first-order chi connectivity index (χ1) is 14.2. The number of nitrogens with zero attached hydrogens (tertiary/aromatic N) is 4. The first-order valence-electron chi connectivity index (χ1n) is 9.21. The molecule has 0 bridgehead atoms. The van der Waals surface area contributed by atoms with Gasteiger partial charge in [0.2, 0.25) is 0 Å². The largest absolute Gasteiger partial charge is 0.494 e. The van der Waals surface area contributed by atoms with Crippen molar-refractivity contribution >= 4 is 33.7 Å². The number of rotatable bonds is 7. The second kappa shape index (κ2) is 8.67. The van der Waals surface area contributed by atoms with Crippen molar-refractivity contribution in [3.8, 4) is 22.6 Å². The number of hydrogen-bond donors (Lipinski definition) is 0. The van der Waals surface area contributed by atoms with Crippen molar-refractivity contribution in [2.24, 2.45) is 5.10 Å². The normalized spacial score (nSPS) is 13.6. The highest BCUT2D eigenvalue weighted by molar-refractivity contribution is 8.14. The minimum Gasteiger partial charge on any atom is -0.494 e. The maximum atomic E-state index is 5.75. The molecule has 4 rings (SSSR count). The van der Waals surface area contributed by atoms with Crippen molar-refractivity contribution < 1.29 is 14.2 Å². The molecule has 3 aromatic rings. The van der Waals surface area contributed by atoms with Gasteiger partial charge >= 0.3 is 0 Å². The summed E-state index contributed by atoms with van der Waals surface area (Å²) < 4.78 is 16.3. The molecular formula is C21H22N4O3S. The van der Waals surface area contributed by atoms with Gasteiger partial charge in [-0.3, -0.25) is 0 Å². The summed E-state index contributed by atoms with van der Waals surface area (Å²) in [5.74, 6) is 2.90. The fourth-order valence-electron chi connectivity index (χ4n) is 3.08. The topological polar surface area (TPSA) is 69.1 Å². The minimum absolute atomic E-state index is 0.500. The van der Waals surface area contributed by atoms with E-state index in [0.29, 0.717) is 30.3 Å². The van der Waals surface area contributed by atoms with Crippen LogP contribution in [-0.4, -0.2) is 48.3 Å². The van der Waals surface area contributed by atoms with Crippen LogP contribution in [0, 0.1) is 0 Å². The van der Waals surface area contributed by atoms with Crippen LogP contribution in [0.1, 0.15) is 6.92 Å². The van der Waals surface area contributed by atoms with Gasteiger partial charge in [0, 0.05) is 12.7 Å². The molecule has 29 heavy (non-hydrogen) atoms. The quantitative estimate of drug-likeness (QED) is 0.541. The first-order valence-corrected chi connectivity index (χ1v) is 10.2. The molecule has 0 unspecified atom stereocenters. The van der Waals surface area contributed by atoms with Crippen LogP contribution in [0.3, 0.4) is 0 Å². The molecule has 7 nitrogen and oxygen atoms in total. The number of thioether (sulfide) groups is 1. The van der Waals surface area contributed by atoms with Crippen LogP contribution in [0.15, 0.2) is 47.7 Å². The van der Waals surface area contributed by atoms with E-state index in [2.05, 4.69) is 5.10 Å². The van der Waals surface area contributed by atoms with Gasteiger partial charge in [-0.15, -0.1) is 0 Å². The summed E-state index contributed by atoms with van der Waals surface area (Å²) in [4.78, 5) is 9.52. The van der Waals surface area contributed by atoms with Gasteiger partial charge in [-0.25, -0.2) is 15.0 Å². The molecule has 1 aromatic heterocycles. The van der Waals surface area contributed by atoms with Gasteiger partial charge in [0.15, 0.2) is 5.82 Å². The van der Waals surface area contributed by atoms with Gasteiger partial charge in [-0.2, -0.15) is 5.10 Å². The molecular weight excluding hydrogens is 388 g/mol. The maximum Gasteiger partial charge on any atom is 0.169 e. The van der Waals surface area contributed by atoms with Crippen molar-refractivity contribution in [3.05, 3.63) is 42.6 Å². The fraction of sp³-hybridized carbons (Fsp3) is 0.286. The molecule has 0 saturated heterocycles. The Labute approximate surface area is 173 Å². The van der Waals surface area contributed by atoms with E-state index in [1.165, 1.54) is 0 Å². The molecule has 0 aliphatic carbocycles. The Morgan fingerprint density at radius 2 is 2.00 bits per heavy atom. The third-order valence-corrected chi connectivity index (χ3v) is 5.37. The summed E-state index contributed by atoms with van der Waals surface area (Å²) in [6.45, 7) is 3.03. The second-order valence-electron chi connectivity index (χ2n) is 6.40. The monoisotopic (exact) mass is 410 g/mol. The van der Waals surface area contributed by atoms with Gasteiger partial charge < -0.3 is 14.2 Å². The third kappa shape index (κ3) is 4.13. The lowest BCUT2D eigenvalue weighted by Gasteiger charge is -2.15. The predicted octanol–water partition coefficient (Wildman–Crippen LogP) is 4.17. The molecule has 0 amide bonds. The zero-order valence-electron chi connectivity index (χ0n) is 16.6. The Morgan fingerprint density at radius 1 is 1.10 bits per heavy atom. The van der Waals surface area contributed by atoms with Crippen LogP contribution in [0.25, 0.3) is 22.2 Å². The van der Waals surface area contributed by atoms with Gasteiger partial charge in [0.05, 0.1) is 30.8 Å².